The Morgan fingerprint density at radius 2 is 2.26 bits per heavy atom. The first-order valence-corrected chi connectivity index (χ1v) is 6.61. The van der Waals surface area contributed by atoms with Gasteiger partial charge in [-0.05, 0) is 38.1 Å². The van der Waals surface area contributed by atoms with E-state index < -0.39 is 5.82 Å². The third-order valence-corrected chi connectivity index (χ3v) is 3.65. The van der Waals surface area contributed by atoms with Gasteiger partial charge < -0.3 is 16.0 Å². The van der Waals surface area contributed by atoms with Crippen LogP contribution in [0.25, 0.3) is 0 Å². The molecule has 0 aromatic heterocycles. The molecule has 3 N–H and O–H groups in total. The molecule has 0 atom stereocenters. The third-order valence-electron chi connectivity index (χ3n) is 3.65. The van der Waals surface area contributed by atoms with Crippen molar-refractivity contribution in [3.8, 4) is 0 Å². The average molecular weight is 265 g/mol. The molecular formula is C14H20FN3O. The molecular weight excluding hydrogens is 245 g/mol. The molecule has 0 heterocycles. The molecule has 0 spiro atoms. The van der Waals surface area contributed by atoms with Crippen LogP contribution in [0.5, 0.6) is 0 Å². The lowest BCUT2D eigenvalue weighted by Crippen LogP contribution is -2.38. The van der Waals surface area contributed by atoms with Crippen LogP contribution in [0.2, 0.25) is 0 Å². The fourth-order valence-corrected chi connectivity index (χ4v) is 2.14. The van der Waals surface area contributed by atoms with Gasteiger partial charge in [-0.15, -0.1) is 0 Å². The summed E-state index contributed by atoms with van der Waals surface area (Å²) in [4.78, 5) is 14.0. The maximum Gasteiger partial charge on any atom is 0.225 e. The lowest BCUT2D eigenvalue weighted by atomic mass is 9.92. The van der Waals surface area contributed by atoms with Crippen LogP contribution in [-0.4, -0.2) is 30.4 Å². The second-order valence-corrected chi connectivity index (χ2v) is 5.10. The zero-order valence-corrected chi connectivity index (χ0v) is 11.2. The van der Waals surface area contributed by atoms with E-state index in [1.807, 2.05) is 7.05 Å². The molecule has 0 bridgehead atoms. The summed E-state index contributed by atoms with van der Waals surface area (Å²) in [6, 6.07) is 4.76. The smallest absolute Gasteiger partial charge is 0.225 e. The number of halogens is 1. The van der Waals surface area contributed by atoms with Gasteiger partial charge in [0.1, 0.15) is 5.82 Å². The van der Waals surface area contributed by atoms with Gasteiger partial charge in [-0.3, -0.25) is 4.79 Å². The second kappa shape index (κ2) is 6.02. The van der Waals surface area contributed by atoms with Gasteiger partial charge in [0.25, 0.3) is 0 Å². The van der Waals surface area contributed by atoms with Crippen molar-refractivity contribution in [3.05, 3.63) is 24.0 Å². The van der Waals surface area contributed by atoms with Gasteiger partial charge in [0.05, 0.1) is 5.69 Å². The van der Waals surface area contributed by atoms with Gasteiger partial charge >= 0.3 is 0 Å². The fraction of sp³-hybridized carbons (Fsp3) is 0.500. The van der Waals surface area contributed by atoms with Crippen LogP contribution in [0.3, 0.4) is 0 Å². The van der Waals surface area contributed by atoms with Crippen molar-refractivity contribution in [1.29, 1.82) is 0 Å². The predicted octanol–water partition coefficient (Wildman–Crippen LogP) is 2.22. The minimum atomic E-state index is -0.463. The van der Waals surface area contributed by atoms with Gasteiger partial charge in [-0.1, -0.05) is 6.42 Å². The highest BCUT2D eigenvalue weighted by molar-refractivity contribution is 5.91. The molecule has 1 aromatic rings. The molecule has 1 amide bonds. The number of rotatable bonds is 5. The number of nitrogens with two attached hydrogens (primary N) is 1. The summed E-state index contributed by atoms with van der Waals surface area (Å²) in [5.41, 5.74) is 6.15. The Bertz CT molecular complexity index is 460. The lowest BCUT2D eigenvalue weighted by Gasteiger charge is -2.34. The van der Waals surface area contributed by atoms with E-state index in [1.54, 1.807) is 0 Å². The highest BCUT2D eigenvalue weighted by Crippen LogP contribution is 2.23. The Morgan fingerprint density at radius 3 is 2.89 bits per heavy atom. The molecule has 2 rings (SSSR count). The van der Waals surface area contributed by atoms with Gasteiger partial charge in [-0.2, -0.15) is 0 Å². The first kappa shape index (κ1) is 13.8. The lowest BCUT2D eigenvalue weighted by molar-refractivity contribution is -0.116. The summed E-state index contributed by atoms with van der Waals surface area (Å²) in [7, 11) is 2.03. The van der Waals surface area contributed by atoms with Crippen molar-refractivity contribution in [2.24, 2.45) is 0 Å². The molecule has 0 aliphatic heterocycles. The second-order valence-electron chi connectivity index (χ2n) is 5.10. The Morgan fingerprint density at radius 1 is 1.53 bits per heavy atom. The summed E-state index contributed by atoms with van der Waals surface area (Å²) in [6.07, 6.45) is 4.06. The molecule has 5 heteroatoms. The standard InChI is InChI=1S/C14H20FN3O/c1-18(11-3-2-4-11)8-7-14(19)17-13-9-10(16)5-6-12(13)15/h5-6,9,11H,2-4,7-8,16H2,1H3,(H,17,19). The minimum Gasteiger partial charge on any atom is -0.399 e. The fourth-order valence-electron chi connectivity index (χ4n) is 2.14. The molecule has 1 fully saturated rings. The highest BCUT2D eigenvalue weighted by Gasteiger charge is 2.22. The quantitative estimate of drug-likeness (QED) is 0.803. The monoisotopic (exact) mass is 265 g/mol. The summed E-state index contributed by atoms with van der Waals surface area (Å²) < 4.78 is 13.4. The average Bonchev–Trinajstić information content (AvgIpc) is 2.29. The number of carbonyl (C=O) groups is 1. The van der Waals surface area contributed by atoms with Crippen molar-refractivity contribution >= 4 is 17.3 Å². The molecule has 1 aliphatic rings. The maximum absolute atomic E-state index is 13.4. The largest absolute Gasteiger partial charge is 0.399 e. The first-order chi connectivity index (χ1) is 9.06. The van der Waals surface area contributed by atoms with Crippen LogP contribution < -0.4 is 11.1 Å². The zero-order chi connectivity index (χ0) is 13.8. The van der Waals surface area contributed by atoms with E-state index in [9.17, 15) is 9.18 Å². The Labute approximate surface area is 112 Å². The van der Waals surface area contributed by atoms with Crippen molar-refractivity contribution in [1.82, 2.24) is 4.90 Å². The Balaban J connectivity index is 1.81. The van der Waals surface area contributed by atoms with Crippen LogP contribution in [0.15, 0.2) is 18.2 Å². The van der Waals surface area contributed by atoms with Gasteiger partial charge in [0.15, 0.2) is 0 Å². The van der Waals surface area contributed by atoms with Crippen LogP contribution in [0.4, 0.5) is 15.8 Å². The summed E-state index contributed by atoms with van der Waals surface area (Å²) in [5.74, 6) is -0.648. The number of nitrogens with zero attached hydrogens (tertiary/aromatic N) is 1. The number of hydrogen-bond acceptors (Lipinski definition) is 3. The van der Waals surface area contributed by atoms with E-state index in [0.29, 0.717) is 24.7 Å². The predicted molar refractivity (Wildman–Crippen MR) is 74.3 cm³/mol. The molecule has 1 saturated carbocycles. The molecule has 1 aromatic carbocycles. The van der Waals surface area contributed by atoms with E-state index in [4.69, 9.17) is 5.73 Å². The molecule has 104 valence electrons. The van der Waals surface area contributed by atoms with E-state index in [2.05, 4.69) is 10.2 Å². The van der Waals surface area contributed by atoms with Crippen molar-refractivity contribution in [2.75, 3.05) is 24.6 Å². The van der Waals surface area contributed by atoms with Crippen LogP contribution >= 0.6 is 0 Å². The minimum absolute atomic E-state index is 0.149. The molecule has 0 saturated heterocycles. The van der Waals surface area contributed by atoms with Gasteiger partial charge in [0, 0.05) is 24.7 Å². The molecule has 1 aliphatic carbocycles. The van der Waals surface area contributed by atoms with Crippen LogP contribution in [0, 0.1) is 5.82 Å². The number of benzene rings is 1. The van der Waals surface area contributed by atoms with Gasteiger partial charge in [-0.25, -0.2) is 4.39 Å². The number of anilines is 2. The van der Waals surface area contributed by atoms with E-state index in [-0.39, 0.29) is 11.6 Å². The van der Waals surface area contributed by atoms with Crippen molar-refractivity contribution in [2.45, 2.75) is 31.7 Å². The number of nitrogen functional groups attached to an aromatic ring is 1. The van der Waals surface area contributed by atoms with Crippen molar-refractivity contribution in [3.63, 3.8) is 0 Å². The summed E-state index contributed by atoms with van der Waals surface area (Å²) in [5, 5.41) is 2.56. The Hall–Kier alpha value is -1.62. The number of nitrogens with one attached hydrogen (secondary N) is 1. The van der Waals surface area contributed by atoms with Gasteiger partial charge in [0.2, 0.25) is 5.91 Å². The van der Waals surface area contributed by atoms with E-state index >= 15 is 0 Å². The SMILES string of the molecule is CN(CCC(=O)Nc1cc(N)ccc1F)C1CCC1. The molecule has 0 unspecified atom stereocenters. The number of carbonyl (C=O) groups excluding carboxylic acids is 1. The zero-order valence-electron chi connectivity index (χ0n) is 11.2. The van der Waals surface area contributed by atoms with E-state index in [1.165, 1.54) is 37.5 Å². The molecule has 19 heavy (non-hydrogen) atoms. The summed E-state index contributed by atoms with van der Waals surface area (Å²) >= 11 is 0. The van der Waals surface area contributed by atoms with Crippen molar-refractivity contribution < 1.29 is 9.18 Å². The first-order valence-electron chi connectivity index (χ1n) is 6.61. The molecule has 0 radical (unpaired) electrons. The highest BCUT2D eigenvalue weighted by atomic mass is 19.1. The third kappa shape index (κ3) is 3.67. The topological polar surface area (TPSA) is 58.4 Å². The maximum atomic E-state index is 13.4. The molecule has 4 nitrogen and oxygen atoms in total. The van der Waals surface area contributed by atoms with Crippen LogP contribution in [-0.2, 0) is 4.79 Å². The van der Waals surface area contributed by atoms with Crippen LogP contribution in [0.1, 0.15) is 25.7 Å². The number of hydrogen-bond donors (Lipinski definition) is 2. The Kier molecular flexibility index (Phi) is 4.37. The summed E-state index contributed by atoms with van der Waals surface area (Å²) in [6.45, 7) is 0.695. The number of amides is 1. The normalized spacial score (nSPS) is 15.3. The van der Waals surface area contributed by atoms with E-state index in [0.717, 1.165) is 0 Å².